The van der Waals surface area contributed by atoms with Gasteiger partial charge in [0.2, 0.25) is 0 Å². The van der Waals surface area contributed by atoms with Gasteiger partial charge in [-0.05, 0) is 39.0 Å². The predicted molar refractivity (Wildman–Crippen MR) is 96.1 cm³/mol. The number of nitrogens with zero attached hydrogens (tertiary/aromatic N) is 3. The third-order valence-corrected chi connectivity index (χ3v) is 4.80. The van der Waals surface area contributed by atoms with Gasteiger partial charge in [-0.15, -0.1) is 0 Å². The molecular weight excluding hydrogens is 348 g/mol. The molecule has 4 rings (SSSR count). The van der Waals surface area contributed by atoms with Crippen LogP contribution in [0.5, 0.6) is 0 Å². The van der Waals surface area contributed by atoms with Crippen LogP contribution in [0.2, 0.25) is 0 Å². The highest BCUT2D eigenvalue weighted by molar-refractivity contribution is 6.07. The van der Waals surface area contributed by atoms with Gasteiger partial charge in [0.05, 0.1) is 12.2 Å². The van der Waals surface area contributed by atoms with Crippen LogP contribution in [-0.2, 0) is 16.9 Å². The minimum absolute atomic E-state index is 0.0865. The Hall–Kier alpha value is -3.42. The number of furan rings is 1. The van der Waals surface area contributed by atoms with Gasteiger partial charge in [-0.3, -0.25) is 18.9 Å². The molecule has 0 radical (unpaired) electrons. The van der Waals surface area contributed by atoms with E-state index in [1.165, 1.54) is 10.5 Å². The molecule has 27 heavy (non-hydrogen) atoms. The molecule has 3 aromatic heterocycles. The summed E-state index contributed by atoms with van der Waals surface area (Å²) in [5, 5.41) is 2.74. The number of hydrogen-bond donors (Lipinski definition) is 1. The van der Waals surface area contributed by atoms with Crippen LogP contribution in [0.15, 0.2) is 45.7 Å². The fourth-order valence-corrected chi connectivity index (χ4v) is 3.50. The molecule has 0 bridgehead atoms. The normalized spacial score (nSPS) is 19.7. The Labute approximate surface area is 154 Å². The number of nitrogens with one attached hydrogen (secondary N) is 1. The van der Waals surface area contributed by atoms with Crippen LogP contribution in [-0.4, -0.2) is 26.2 Å². The number of rotatable bonds is 3. The van der Waals surface area contributed by atoms with E-state index in [0.29, 0.717) is 28.4 Å². The van der Waals surface area contributed by atoms with Crippen LogP contribution in [0.4, 0.5) is 4.79 Å². The molecule has 3 amide bonds. The molecule has 0 aromatic carbocycles. The first-order chi connectivity index (χ1) is 12.8. The van der Waals surface area contributed by atoms with Crippen molar-refractivity contribution in [2.75, 3.05) is 0 Å². The fourth-order valence-electron chi connectivity index (χ4n) is 3.50. The summed E-state index contributed by atoms with van der Waals surface area (Å²) in [6.45, 7) is 5.09. The Bertz CT molecular complexity index is 1150. The Balaban J connectivity index is 1.69. The maximum atomic E-state index is 13.0. The van der Waals surface area contributed by atoms with Crippen LogP contribution in [0.25, 0.3) is 5.65 Å². The van der Waals surface area contributed by atoms with Crippen molar-refractivity contribution in [1.82, 2.24) is 19.6 Å². The molecule has 1 N–H and O–H groups in total. The van der Waals surface area contributed by atoms with Gasteiger partial charge in [-0.25, -0.2) is 9.78 Å². The molecule has 1 atom stereocenters. The SMILES string of the molecule is Cc1cc(C2(C)NC(=O)N(Cc3cc(=O)n4ccccc4n3)C2=O)c(C)o1. The monoisotopic (exact) mass is 366 g/mol. The van der Waals surface area contributed by atoms with Crippen molar-refractivity contribution in [1.29, 1.82) is 0 Å². The lowest BCUT2D eigenvalue weighted by molar-refractivity contribution is -0.131. The standard InChI is InChI=1S/C19H18N4O4/c1-11-8-14(12(2)27-11)19(3)17(25)23(18(26)21-19)10-13-9-16(24)22-7-5-4-6-15(22)20-13/h4-9H,10H2,1-3H3,(H,21,26). The van der Waals surface area contributed by atoms with E-state index in [1.54, 1.807) is 51.2 Å². The molecule has 1 saturated heterocycles. The Kier molecular flexibility index (Phi) is 3.66. The summed E-state index contributed by atoms with van der Waals surface area (Å²) in [6, 6.07) is 7.73. The molecule has 1 unspecified atom stereocenters. The highest BCUT2D eigenvalue weighted by atomic mass is 16.3. The molecule has 0 saturated carbocycles. The summed E-state index contributed by atoms with van der Waals surface area (Å²) in [6.07, 6.45) is 1.61. The first-order valence-corrected chi connectivity index (χ1v) is 8.48. The Morgan fingerprint density at radius 1 is 1.19 bits per heavy atom. The zero-order chi connectivity index (χ0) is 19.3. The zero-order valence-corrected chi connectivity index (χ0v) is 15.1. The highest BCUT2D eigenvalue weighted by Gasteiger charge is 2.50. The number of hydrogen-bond acceptors (Lipinski definition) is 5. The number of aryl methyl sites for hydroxylation is 2. The first kappa shape index (κ1) is 17.0. The molecule has 8 nitrogen and oxygen atoms in total. The smallest absolute Gasteiger partial charge is 0.325 e. The summed E-state index contributed by atoms with van der Waals surface area (Å²) in [4.78, 5) is 43.2. The van der Waals surface area contributed by atoms with Crippen LogP contribution < -0.4 is 10.9 Å². The minimum atomic E-state index is -1.22. The average Bonchev–Trinajstić information content (AvgIpc) is 3.07. The van der Waals surface area contributed by atoms with Gasteiger partial charge in [0, 0.05) is 17.8 Å². The summed E-state index contributed by atoms with van der Waals surface area (Å²) in [5.41, 5.74) is -0.0700. The van der Waals surface area contributed by atoms with Crippen molar-refractivity contribution in [2.45, 2.75) is 32.9 Å². The summed E-state index contributed by atoms with van der Waals surface area (Å²) < 4.78 is 6.91. The maximum Gasteiger partial charge on any atom is 0.325 e. The number of aromatic nitrogens is 2. The molecular formula is C19H18N4O4. The minimum Gasteiger partial charge on any atom is -0.466 e. The van der Waals surface area contributed by atoms with E-state index in [1.807, 2.05) is 0 Å². The van der Waals surface area contributed by atoms with Crippen molar-refractivity contribution in [3.05, 3.63) is 69.7 Å². The number of carbonyl (C=O) groups is 2. The van der Waals surface area contributed by atoms with Crippen LogP contribution in [0, 0.1) is 13.8 Å². The molecule has 8 heteroatoms. The zero-order valence-electron chi connectivity index (χ0n) is 15.1. The Morgan fingerprint density at radius 2 is 1.96 bits per heavy atom. The topological polar surface area (TPSA) is 96.9 Å². The fraction of sp³-hybridized carbons (Fsp3) is 0.263. The molecule has 4 heterocycles. The highest BCUT2D eigenvalue weighted by Crippen LogP contribution is 2.33. The maximum absolute atomic E-state index is 13.0. The number of pyridine rings is 1. The number of fused-ring (bicyclic) bond motifs is 1. The number of urea groups is 1. The van der Waals surface area contributed by atoms with E-state index in [4.69, 9.17) is 4.42 Å². The average molecular weight is 366 g/mol. The van der Waals surface area contributed by atoms with Crippen molar-refractivity contribution < 1.29 is 14.0 Å². The van der Waals surface area contributed by atoms with Crippen LogP contribution in [0.3, 0.4) is 0 Å². The van der Waals surface area contributed by atoms with Crippen molar-refractivity contribution in [3.63, 3.8) is 0 Å². The van der Waals surface area contributed by atoms with Gasteiger partial charge in [0.15, 0.2) is 0 Å². The van der Waals surface area contributed by atoms with Gasteiger partial charge < -0.3 is 9.73 Å². The van der Waals surface area contributed by atoms with Gasteiger partial charge in [-0.2, -0.15) is 0 Å². The summed E-state index contributed by atoms with van der Waals surface area (Å²) >= 11 is 0. The molecule has 138 valence electrons. The predicted octanol–water partition coefficient (Wildman–Crippen LogP) is 1.87. The lowest BCUT2D eigenvalue weighted by Crippen LogP contribution is -2.41. The van der Waals surface area contributed by atoms with Gasteiger partial charge in [-0.1, -0.05) is 6.07 Å². The third kappa shape index (κ3) is 2.61. The summed E-state index contributed by atoms with van der Waals surface area (Å²) in [7, 11) is 0. The number of carbonyl (C=O) groups excluding carboxylic acids is 2. The van der Waals surface area contributed by atoms with Crippen LogP contribution in [0.1, 0.15) is 29.7 Å². The molecule has 1 aliphatic rings. The van der Waals surface area contributed by atoms with E-state index in [9.17, 15) is 14.4 Å². The second kappa shape index (κ2) is 5.80. The quantitative estimate of drug-likeness (QED) is 0.714. The second-order valence-electron chi connectivity index (χ2n) is 6.79. The van der Waals surface area contributed by atoms with E-state index in [-0.39, 0.29) is 12.1 Å². The van der Waals surface area contributed by atoms with Gasteiger partial charge in [0.1, 0.15) is 22.7 Å². The van der Waals surface area contributed by atoms with E-state index in [2.05, 4.69) is 10.3 Å². The molecule has 3 aromatic rings. The molecule has 1 aliphatic heterocycles. The first-order valence-electron chi connectivity index (χ1n) is 8.48. The van der Waals surface area contributed by atoms with Crippen molar-refractivity contribution in [3.8, 4) is 0 Å². The lowest BCUT2D eigenvalue weighted by atomic mass is 9.92. The van der Waals surface area contributed by atoms with Gasteiger partial charge >= 0.3 is 6.03 Å². The molecule has 0 spiro atoms. The van der Waals surface area contributed by atoms with E-state index in [0.717, 1.165) is 4.90 Å². The second-order valence-corrected chi connectivity index (χ2v) is 6.79. The molecule has 0 aliphatic carbocycles. The van der Waals surface area contributed by atoms with Gasteiger partial charge in [0.25, 0.3) is 11.5 Å². The van der Waals surface area contributed by atoms with Crippen LogP contribution >= 0.6 is 0 Å². The van der Waals surface area contributed by atoms with E-state index < -0.39 is 17.5 Å². The number of imide groups is 1. The summed E-state index contributed by atoms with van der Waals surface area (Å²) in [5.74, 6) is 0.826. The lowest BCUT2D eigenvalue weighted by Gasteiger charge is -2.21. The van der Waals surface area contributed by atoms with E-state index >= 15 is 0 Å². The molecule has 1 fully saturated rings. The largest absolute Gasteiger partial charge is 0.466 e. The van der Waals surface area contributed by atoms with Crippen molar-refractivity contribution >= 4 is 17.6 Å². The number of amides is 3. The van der Waals surface area contributed by atoms with Crippen molar-refractivity contribution in [2.24, 2.45) is 0 Å². The third-order valence-electron chi connectivity index (χ3n) is 4.80. The Morgan fingerprint density at radius 3 is 2.67 bits per heavy atom.